The second kappa shape index (κ2) is 8.02. The van der Waals surface area contributed by atoms with Gasteiger partial charge in [0.2, 0.25) is 5.91 Å². The molecule has 1 atom stereocenters. The van der Waals surface area contributed by atoms with Crippen LogP contribution >= 0.6 is 11.8 Å². The second-order valence-electron chi connectivity index (χ2n) is 6.44. The van der Waals surface area contributed by atoms with Crippen LogP contribution in [0.5, 0.6) is 0 Å². The van der Waals surface area contributed by atoms with Gasteiger partial charge in [0, 0.05) is 18.0 Å². The SMILES string of the molecule is Cc1ccc(SC2(C(=O)NCC(C)CCO)CCCC2)cc1. The first-order valence-electron chi connectivity index (χ1n) is 8.20. The Bertz CT molecular complexity index is 480. The number of rotatable bonds is 7. The maximum absolute atomic E-state index is 12.8. The molecule has 1 aromatic rings. The van der Waals surface area contributed by atoms with E-state index in [4.69, 9.17) is 5.11 Å². The highest BCUT2D eigenvalue weighted by Gasteiger charge is 2.42. The Morgan fingerprint density at radius 2 is 1.95 bits per heavy atom. The third kappa shape index (κ3) is 4.50. The van der Waals surface area contributed by atoms with Gasteiger partial charge >= 0.3 is 0 Å². The molecule has 1 saturated carbocycles. The number of benzene rings is 1. The monoisotopic (exact) mass is 321 g/mol. The van der Waals surface area contributed by atoms with Crippen molar-refractivity contribution in [2.75, 3.05) is 13.2 Å². The molecule has 0 heterocycles. The first-order chi connectivity index (χ1) is 10.6. The summed E-state index contributed by atoms with van der Waals surface area (Å²) >= 11 is 1.72. The zero-order valence-electron chi connectivity index (χ0n) is 13.6. The van der Waals surface area contributed by atoms with Crippen molar-refractivity contribution in [3.63, 3.8) is 0 Å². The molecule has 1 aliphatic carbocycles. The molecule has 22 heavy (non-hydrogen) atoms. The summed E-state index contributed by atoms with van der Waals surface area (Å²) in [5.74, 6) is 0.483. The highest BCUT2D eigenvalue weighted by Crippen LogP contribution is 2.45. The number of thioether (sulfide) groups is 1. The summed E-state index contributed by atoms with van der Waals surface area (Å²) in [5.41, 5.74) is 1.24. The molecule has 1 aromatic carbocycles. The molecule has 0 saturated heterocycles. The van der Waals surface area contributed by atoms with E-state index in [1.807, 2.05) is 0 Å². The maximum Gasteiger partial charge on any atom is 0.236 e. The Balaban J connectivity index is 2.01. The summed E-state index contributed by atoms with van der Waals surface area (Å²) in [6.45, 7) is 4.97. The predicted octanol–water partition coefficient (Wildman–Crippen LogP) is 3.53. The van der Waals surface area contributed by atoms with Gasteiger partial charge in [-0.2, -0.15) is 0 Å². The average molecular weight is 321 g/mol. The molecule has 4 heteroatoms. The first-order valence-corrected chi connectivity index (χ1v) is 9.02. The summed E-state index contributed by atoms with van der Waals surface area (Å²) in [6.07, 6.45) is 4.88. The van der Waals surface area contributed by atoms with Crippen LogP contribution < -0.4 is 5.32 Å². The van der Waals surface area contributed by atoms with Gasteiger partial charge in [0.25, 0.3) is 0 Å². The lowest BCUT2D eigenvalue weighted by atomic mass is 10.0. The molecule has 1 unspecified atom stereocenters. The van der Waals surface area contributed by atoms with E-state index in [9.17, 15) is 4.79 Å². The molecule has 3 nitrogen and oxygen atoms in total. The minimum Gasteiger partial charge on any atom is -0.396 e. The fourth-order valence-corrected chi connectivity index (χ4v) is 4.28. The lowest BCUT2D eigenvalue weighted by Crippen LogP contribution is -2.43. The number of hydrogen-bond donors (Lipinski definition) is 2. The van der Waals surface area contributed by atoms with Crippen molar-refractivity contribution in [3.8, 4) is 0 Å². The first kappa shape index (κ1) is 17.4. The Kier molecular flexibility index (Phi) is 6.33. The predicted molar refractivity (Wildman–Crippen MR) is 92.1 cm³/mol. The molecule has 1 aliphatic rings. The van der Waals surface area contributed by atoms with Crippen molar-refractivity contribution in [2.24, 2.45) is 5.92 Å². The Labute approximate surface area is 137 Å². The number of nitrogens with one attached hydrogen (secondary N) is 1. The van der Waals surface area contributed by atoms with Gasteiger partial charge in [-0.1, -0.05) is 37.5 Å². The average Bonchev–Trinajstić information content (AvgIpc) is 2.97. The number of carbonyl (C=O) groups excluding carboxylic acids is 1. The van der Waals surface area contributed by atoms with Crippen molar-refractivity contribution < 1.29 is 9.90 Å². The van der Waals surface area contributed by atoms with E-state index in [0.717, 1.165) is 32.1 Å². The maximum atomic E-state index is 12.8. The van der Waals surface area contributed by atoms with Gasteiger partial charge in [-0.05, 0) is 44.2 Å². The smallest absolute Gasteiger partial charge is 0.236 e. The van der Waals surface area contributed by atoms with Crippen LogP contribution in [0, 0.1) is 12.8 Å². The number of aliphatic hydroxyl groups excluding tert-OH is 1. The lowest BCUT2D eigenvalue weighted by Gasteiger charge is -2.28. The van der Waals surface area contributed by atoms with Crippen LogP contribution in [0.25, 0.3) is 0 Å². The molecule has 0 spiro atoms. The number of carbonyl (C=O) groups is 1. The van der Waals surface area contributed by atoms with Crippen molar-refractivity contribution in [1.29, 1.82) is 0 Å². The summed E-state index contributed by atoms with van der Waals surface area (Å²) in [5, 5.41) is 12.1. The minimum atomic E-state index is -0.311. The quantitative estimate of drug-likeness (QED) is 0.807. The zero-order chi connectivity index (χ0) is 16.0. The molecule has 122 valence electrons. The summed E-state index contributed by atoms with van der Waals surface area (Å²) in [6, 6.07) is 8.43. The molecule has 1 amide bonds. The van der Waals surface area contributed by atoms with Crippen LogP contribution in [-0.4, -0.2) is 28.9 Å². The molecule has 0 aliphatic heterocycles. The number of aryl methyl sites for hydroxylation is 1. The Morgan fingerprint density at radius 1 is 1.32 bits per heavy atom. The van der Waals surface area contributed by atoms with E-state index in [1.54, 1.807) is 11.8 Å². The molecule has 0 radical (unpaired) electrons. The van der Waals surface area contributed by atoms with Gasteiger partial charge in [-0.25, -0.2) is 0 Å². The van der Waals surface area contributed by atoms with Crippen LogP contribution in [0.3, 0.4) is 0 Å². The van der Waals surface area contributed by atoms with E-state index >= 15 is 0 Å². The van der Waals surface area contributed by atoms with E-state index in [-0.39, 0.29) is 17.3 Å². The van der Waals surface area contributed by atoms with Gasteiger partial charge in [0.15, 0.2) is 0 Å². The third-order valence-electron chi connectivity index (χ3n) is 4.39. The fraction of sp³-hybridized carbons (Fsp3) is 0.611. The van der Waals surface area contributed by atoms with Gasteiger partial charge < -0.3 is 10.4 Å². The molecular formula is C18H27NO2S. The minimum absolute atomic E-state index is 0.167. The molecule has 0 bridgehead atoms. The molecule has 2 N–H and O–H groups in total. The molecule has 1 fully saturated rings. The lowest BCUT2D eigenvalue weighted by molar-refractivity contribution is -0.123. The topological polar surface area (TPSA) is 49.3 Å². The number of aliphatic hydroxyl groups is 1. The Morgan fingerprint density at radius 3 is 2.55 bits per heavy atom. The summed E-state index contributed by atoms with van der Waals surface area (Å²) < 4.78 is -0.311. The van der Waals surface area contributed by atoms with E-state index in [2.05, 4.69) is 43.4 Å². The van der Waals surface area contributed by atoms with Gasteiger partial charge in [0.1, 0.15) is 0 Å². The summed E-state index contributed by atoms with van der Waals surface area (Å²) in [7, 11) is 0. The van der Waals surface area contributed by atoms with Gasteiger partial charge in [-0.3, -0.25) is 4.79 Å². The molecule has 0 aromatic heterocycles. The normalized spacial score (nSPS) is 18.1. The number of hydrogen-bond acceptors (Lipinski definition) is 3. The fourth-order valence-electron chi connectivity index (χ4n) is 2.90. The molecule has 2 rings (SSSR count). The van der Waals surface area contributed by atoms with Crippen molar-refractivity contribution in [2.45, 2.75) is 55.6 Å². The second-order valence-corrected chi connectivity index (χ2v) is 7.90. The standard InChI is InChI=1S/C18H27NO2S/c1-14-5-7-16(8-6-14)22-18(10-3-4-11-18)17(21)19-13-15(2)9-12-20/h5-8,15,20H,3-4,9-13H2,1-2H3,(H,19,21). The highest BCUT2D eigenvalue weighted by atomic mass is 32.2. The van der Waals surface area contributed by atoms with Crippen molar-refractivity contribution in [3.05, 3.63) is 29.8 Å². The third-order valence-corrected chi connectivity index (χ3v) is 5.88. The summed E-state index contributed by atoms with van der Waals surface area (Å²) in [4.78, 5) is 13.9. The molecular weight excluding hydrogens is 294 g/mol. The number of amides is 1. The van der Waals surface area contributed by atoms with Gasteiger partial charge in [0.05, 0.1) is 4.75 Å². The van der Waals surface area contributed by atoms with Crippen LogP contribution in [0.2, 0.25) is 0 Å². The van der Waals surface area contributed by atoms with Crippen LogP contribution in [0.1, 0.15) is 44.6 Å². The van der Waals surface area contributed by atoms with Crippen molar-refractivity contribution >= 4 is 17.7 Å². The zero-order valence-corrected chi connectivity index (χ0v) is 14.4. The van der Waals surface area contributed by atoms with Crippen molar-refractivity contribution in [1.82, 2.24) is 5.32 Å². The van der Waals surface area contributed by atoms with E-state index in [0.29, 0.717) is 12.5 Å². The highest BCUT2D eigenvalue weighted by molar-refractivity contribution is 8.01. The van der Waals surface area contributed by atoms with Crippen LogP contribution in [-0.2, 0) is 4.79 Å². The van der Waals surface area contributed by atoms with E-state index < -0.39 is 0 Å². The van der Waals surface area contributed by atoms with Crippen LogP contribution in [0.15, 0.2) is 29.2 Å². The van der Waals surface area contributed by atoms with Crippen LogP contribution in [0.4, 0.5) is 0 Å². The largest absolute Gasteiger partial charge is 0.396 e. The van der Waals surface area contributed by atoms with E-state index in [1.165, 1.54) is 10.5 Å². The van der Waals surface area contributed by atoms with Gasteiger partial charge in [-0.15, -0.1) is 11.8 Å². The Hall–Kier alpha value is -1.00.